The van der Waals surface area contributed by atoms with Gasteiger partial charge in [-0.1, -0.05) is 0 Å². The van der Waals surface area contributed by atoms with E-state index < -0.39 is 0 Å². The lowest BCUT2D eigenvalue weighted by atomic mass is 10.2. The molecule has 1 saturated heterocycles. The van der Waals surface area contributed by atoms with Gasteiger partial charge in [0.25, 0.3) is 0 Å². The van der Waals surface area contributed by atoms with Gasteiger partial charge in [0, 0.05) is 13.5 Å². The van der Waals surface area contributed by atoms with Gasteiger partial charge in [-0.3, -0.25) is 14.5 Å². The molecule has 0 aromatic heterocycles. The van der Waals surface area contributed by atoms with Gasteiger partial charge < -0.3 is 0 Å². The molecule has 1 aliphatic heterocycles. The molecule has 0 unspecified atom stereocenters. The van der Waals surface area contributed by atoms with E-state index in [0.29, 0.717) is 6.42 Å². The Hall–Kier alpha value is -0.860. The molecule has 1 rings (SSSR count). The monoisotopic (exact) mass is 140 g/mol. The summed E-state index contributed by atoms with van der Waals surface area (Å²) in [5.74, 6) is -0.235. The first-order chi connectivity index (χ1) is 4.72. The summed E-state index contributed by atoms with van der Waals surface area (Å²) in [7, 11) is 1.52. The van der Waals surface area contributed by atoms with Crippen LogP contribution < -0.4 is 0 Å². The van der Waals surface area contributed by atoms with Crippen LogP contribution in [-0.4, -0.2) is 23.8 Å². The van der Waals surface area contributed by atoms with Gasteiger partial charge in [-0.05, 0) is 12.8 Å². The third kappa shape index (κ3) is 1.35. The maximum atomic E-state index is 10.9. The molecular weight excluding hydrogens is 130 g/mol. The lowest BCUT2D eigenvalue weighted by molar-refractivity contribution is -0.140. The van der Waals surface area contributed by atoms with Gasteiger partial charge in [0.2, 0.25) is 11.8 Å². The second kappa shape index (κ2) is 2.82. The van der Waals surface area contributed by atoms with Crippen LogP contribution in [-0.2, 0) is 9.59 Å². The molecule has 1 radical (unpaired) electrons. The number of carbonyl (C=O) groups is 2. The lowest BCUT2D eigenvalue weighted by Gasteiger charge is -2.09. The molecule has 1 heterocycles. The molecule has 0 atom stereocenters. The number of imide groups is 1. The number of hydrogen-bond acceptors (Lipinski definition) is 2. The Labute approximate surface area is 60.0 Å². The molecule has 0 bridgehead atoms. The summed E-state index contributed by atoms with van der Waals surface area (Å²) in [6.45, 7) is 0. The molecule has 0 spiro atoms. The van der Waals surface area contributed by atoms with Crippen LogP contribution in [0.3, 0.4) is 0 Å². The van der Waals surface area contributed by atoms with Crippen LogP contribution in [0.1, 0.15) is 19.3 Å². The summed E-state index contributed by atoms with van der Waals surface area (Å²) < 4.78 is 0. The number of amides is 2. The molecule has 0 N–H and O–H groups in total. The van der Waals surface area contributed by atoms with E-state index in [1.54, 1.807) is 6.42 Å². The van der Waals surface area contributed by atoms with Crippen LogP contribution in [0.25, 0.3) is 0 Å². The smallest absolute Gasteiger partial charge is 0.232 e. The van der Waals surface area contributed by atoms with E-state index in [0.717, 1.165) is 12.8 Å². The van der Waals surface area contributed by atoms with Crippen molar-refractivity contribution in [2.45, 2.75) is 19.3 Å². The fourth-order valence-corrected chi connectivity index (χ4v) is 0.906. The molecule has 0 aliphatic carbocycles. The predicted octanol–water partition coefficient (Wildman–Crippen LogP) is 0.360. The minimum absolute atomic E-state index is 0.0706. The van der Waals surface area contributed by atoms with Crippen LogP contribution >= 0.6 is 0 Å². The van der Waals surface area contributed by atoms with E-state index in [9.17, 15) is 9.59 Å². The highest BCUT2D eigenvalue weighted by molar-refractivity contribution is 5.99. The van der Waals surface area contributed by atoms with Gasteiger partial charge in [0.05, 0.1) is 6.42 Å². The van der Waals surface area contributed by atoms with Crippen LogP contribution in [0.2, 0.25) is 0 Å². The first kappa shape index (κ1) is 7.25. The van der Waals surface area contributed by atoms with Gasteiger partial charge in [-0.2, -0.15) is 0 Å². The summed E-state index contributed by atoms with van der Waals surface area (Å²) in [6.07, 6.45) is 3.59. The fraction of sp³-hybridized carbons (Fsp3) is 0.571. The zero-order chi connectivity index (χ0) is 7.56. The maximum Gasteiger partial charge on any atom is 0.232 e. The Bertz CT molecular complexity index is 147. The highest BCUT2D eigenvalue weighted by Crippen LogP contribution is 2.09. The molecular formula is C7H10NO2. The summed E-state index contributed by atoms with van der Waals surface area (Å²) in [6, 6.07) is 0. The van der Waals surface area contributed by atoms with E-state index in [1.807, 2.05) is 0 Å². The Morgan fingerprint density at radius 3 is 2.90 bits per heavy atom. The average Bonchev–Trinajstić information content (AvgIpc) is 2.04. The first-order valence-corrected chi connectivity index (χ1v) is 3.35. The van der Waals surface area contributed by atoms with Crippen molar-refractivity contribution >= 4 is 11.8 Å². The fourth-order valence-electron chi connectivity index (χ4n) is 0.906. The minimum atomic E-state index is -0.164. The molecule has 0 aromatic rings. The van der Waals surface area contributed by atoms with E-state index in [2.05, 4.69) is 0 Å². The van der Waals surface area contributed by atoms with E-state index in [-0.39, 0.29) is 11.8 Å². The van der Waals surface area contributed by atoms with Crippen molar-refractivity contribution in [3.8, 4) is 0 Å². The predicted molar refractivity (Wildman–Crippen MR) is 35.9 cm³/mol. The zero-order valence-electron chi connectivity index (χ0n) is 5.96. The Balaban J connectivity index is 2.64. The molecule has 1 fully saturated rings. The van der Waals surface area contributed by atoms with Crippen molar-refractivity contribution in [2.75, 3.05) is 7.05 Å². The second-order valence-electron chi connectivity index (χ2n) is 2.39. The highest BCUT2D eigenvalue weighted by atomic mass is 16.2. The highest BCUT2D eigenvalue weighted by Gasteiger charge is 2.19. The van der Waals surface area contributed by atoms with Crippen molar-refractivity contribution in [3.63, 3.8) is 0 Å². The van der Waals surface area contributed by atoms with Crippen LogP contribution in [0.15, 0.2) is 0 Å². The molecule has 55 valence electrons. The largest absolute Gasteiger partial charge is 0.286 e. The number of rotatable bonds is 0. The zero-order valence-corrected chi connectivity index (χ0v) is 5.96. The van der Waals surface area contributed by atoms with E-state index in [4.69, 9.17) is 0 Å². The molecule has 1 aliphatic rings. The average molecular weight is 140 g/mol. The van der Waals surface area contributed by atoms with Crippen molar-refractivity contribution in [3.05, 3.63) is 6.42 Å². The molecule has 0 saturated carbocycles. The van der Waals surface area contributed by atoms with Crippen molar-refractivity contribution in [2.24, 2.45) is 0 Å². The maximum absolute atomic E-state index is 10.9. The standard InChI is InChI=1S/C7H10NO2/c1-8-6(9)4-2-3-5-7(8)10/h4H,2-3,5H2,1H3. The number of carbonyl (C=O) groups excluding carboxylic acids is 2. The Morgan fingerprint density at radius 2 is 2.20 bits per heavy atom. The van der Waals surface area contributed by atoms with Gasteiger partial charge >= 0.3 is 0 Å². The molecule has 3 heteroatoms. The SMILES string of the molecule is CN1C(=O)[CH]CCCC1=O. The van der Waals surface area contributed by atoms with Crippen molar-refractivity contribution < 1.29 is 9.59 Å². The molecule has 0 aromatic carbocycles. The van der Waals surface area contributed by atoms with Gasteiger partial charge in [0.1, 0.15) is 0 Å². The Morgan fingerprint density at radius 1 is 1.50 bits per heavy atom. The van der Waals surface area contributed by atoms with Crippen LogP contribution in [0.4, 0.5) is 0 Å². The lowest BCUT2D eigenvalue weighted by Crippen LogP contribution is -2.30. The number of nitrogens with zero attached hydrogens (tertiary/aromatic N) is 1. The van der Waals surface area contributed by atoms with Gasteiger partial charge in [-0.15, -0.1) is 0 Å². The van der Waals surface area contributed by atoms with E-state index in [1.165, 1.54) is 11.9 Å². The minimum Gasteiger partial charge on any atom is -0.286 e. The van der Waals surface area contributed by atoms with Crippen molar-refractivity contribution in [1.82, 2.24) is 4.90 Å². The Kier molecular flexibility index (Phi) is 2.04. The normalized spacial score (nSPS) is 21.1. The molecule has 2 amide bonds. The molecule has 3 nitrogen and oxygen atoms in total. The van der Waals surface area contributed by atoms with Crippen LogP contribution in [0, 0.1) is 6.42 Å². The number of hydrogen-bond donors (Lipinski definition) is 0. The summed E-state index contributed by atoms with van der Waals surface area (Å²) in [5.41, 5.74) is 0. The molecule has 10 heavy (non-hydrogen) atoms. The quantitative estimate of drug-likeness (QED) is 0.455. The number of likely N-dealkylation sites (tertiary alicyclic amines) is 1. The van der Waals surface area contributed by atoms with E-state index >= 15 is 0 Å². The van der Waals surface area contributed by atoms with Crippen molar-refractivity contribution in [1.29, 1.82) is 0 Å². The second-order valence-corrected chi connectivity index (χ2v) is 2.39. The summed E-state index contributed by atoms with van der Waals surface area (Å²) >= 11 is 0. The summed E-state index contributed by atoms with van der Waals surface area (Å²) in [5, 5.41) is 0. The first-order valence-electron chi connectivity index (χ1n) is 3.35. The third-order valence-electron chi connectivity index (χ3n) is 1.62. The van der Waals surface area contributed by atoms with Gasteiger partial charge in [0.15, 0.2) is 0 Å². The van der Waals surface area contributed by atoms with Gasteiger partial charge in [-0.25, -0.2) is 0 Å². The van der Waals surface area contributed by atoms with Crippen LogP contribution in [0.5, 0.6) is 0 Å². The third-order valence-corrected chi connectivity index (χ3v) is 1.62. The summed E-state index contributed by atoms with van der Waals surface area (Å²) in [4.78, 5) is 23.0. The topological polar surface area (TPSA) is 37.4 Å².